The lowest BCUT2D eigenvalue weighted by Crippen LogP contribution is -2.53. The summed E-state index contributed by atoms with van der Waals surface area (Å²) in [6.07, 6.45) is 1.74. The predicted octanol–water partition coefficient (Wildman–Crippen LogP) is 1.17. The number of carbonyl (C=O) groups excluding carboxylic acids is 1. The lowest BCUT2D eigenvalue weighted by Gasteiger charge is -2.29. The molecule has 2 rings (SSSR count). The average Bonchev–Trinajstić information content (AvgIpc) is 3.01. The molecule has 1 atom stereocenters. The minimum Gasteiger partial charge on any atom is -0.465 e. The molecule has 0 amide bonds. The lowest BCUT2D eigenvalue weighted by molar-refractivity contribution is 0.0596. The third kappa shape index (κ3) is 4.25. The molecule has 9 heteroatoms. The number of nitrogens with one attached hydrogen (secondary N) is 2. The highest BCUT2D eigenvalue weighted by Crippen LogP contribution is 2.23. The molecule has 1 fully saturated rings. The Bertz CT molecular complexity index is 702. The van der Waals surface area contributed by atoms with E-state index in [1.54, 1.807) is 7.11 Å². The van der Waals surface area contributed by atoms with Crippen molar-refractivity contribution in [3.05, 3.63) is 28.8 Å². The molecule has 7 nitrogen and oxygen atoms in total. The van der Waals surface area contributed by atoms with Crippen LogP contribution in [-0.2, 0) is 19.5 Å². The van der Waals surface area contributed by atoms with Gasteiger partial charge in [0.2, 0.25) is 10.0 Å². The first kappa shape index (κ1) is 19.1. The number of rotatable bonds is 7. The Balaban J connectivity index is 2.26. The standard InChI is InChI=1S/C15H21ClN2O5S/c1-22-10-15(6-3-7-17-15)9-18-24(20,21)13-5-4-11(16)8-12(13)14(19)23-2/h4-5,8,17-18H,3,6-7,9-10H2,1-2H3. The first-order valence-electron chi connectivity index (χ1n) is 7.45. The molecule has 1 aromatic rings. The maximum Gasteiger partial charge on any atom is 0.339 e. The molecular formula is C15H21ClN2O5S. The van der Waals surface area contributed by atoms with Crippen molar-refractivity contribution >= 4 is 27.6 Å². The summed E-state index contributed by atoms with van der Waals surface area (Å²) in [4.78, 5) is 11.7. The van der Waals surface area contributed by atoms with Gasteiger partial charge in [-0.15, -0.1) is 0 Å². The molecule has 134 valence electrons. The minimum atomic E-state index is -3.91. The molecule has 1 saturated heterocycles. The summed E-state index contributed by atoms with van der Waals surface area (Å²) in [5, 5.41) is 3.54. The number of halogens is 1. The second kappa shape index (κ2) is 7.79. The maximum absolute atomic E-state index is 12.7. The van der Waals surface area contributed by atoms with E-state index in [0.717, 1.165) is 19.4 Å². The Labute approximate surface area is 146 Å². The number of ether oxygens (including phenoxy) is 2. The number of hydrogen-bond donors (Lipinski definition) is 2. The van der Waals surface area contributed by atoms with Gasteiger partial charge in [-0.1, -0.05) is 11.6 Å². The Hall–Kier alpha value is -1.19. The second-order valence-electron chi connectivity index (χ2n) is 5.70. The van der Waals surface area contributed by atoms with Gasteiger partial charge >= 0.3 is 5.97 Å². The first-order chi connectivity index (χ1) is 11.3. The molecule has 0 spiro atoms. The van der Waals surface area contributed by atoms with Crippen LogP contribution in [0.25, 0.3) is 0 Å². The van der Waals surface area contributed by atoms with Crippen LogP contribution in [0.4, 0.5) is 0 Å². The molecular weight excluding hydrogens is 356 g/mol. The van der Waals surface area contributed by atoms with Gasteiger partial charge < -0.3 is 14.8 Å². The van der Waals surface area contributed by atoms with E-state index >= 15 is 0 Å². The van der Waals surface area contributed by atoms with E-state index in [1.807, 2.05) is 0 Å². The van der Waals surface area contributed by atoms with Crippen LogP contribution in [0.5, 0.6) is 0 Å². The van der Waals surface area contributed by atoms with Crippen molar-refractivity contribution in [3.8, 4) is 0 Å². The third-order valence-electron chi connectivity index (χ3n) is 3.99. The molecule has 0 radical (unpaired) electrons. The number of hydrogen-bond acceptors (Lipinski definition) is 6. The van der Waals surface area contributed by atoms with Crippen LogP contribution in [0.1, 0.15) is 23.2 Å². The summed E-state index contributed by atoms with van der Waals surface area (Å²) in [7, 11) is -1.15. The third-order valence-corrected chi connectivity index (χ3v) is 5.68. The Morgan fingerprint density at radius 1 is 1.42 bits per heavy atom. The summed E-state index contributed by atoms with van der Waals surface area (Å²) >= 11 is 5.86. The van der Waals surface area contributed by atoms with E-state index in [9.17, 15) is 13.2 Å². The zero-order valence-electron chi connectivity index (χ0n) is 13.6. The minimum absolute atomic E-state index is 0.0994. The summed E-state index contributed by atoms with van der Waals surface area (Å²) in [6, 6.07) is 3.99. The number of sulfonamides is 1. The normalized spacial score (nSPS) is 21.0. The van der Waals surface area contributed by atoms with E-state index < -0.39 is 21.5 Å². The van der Waals surface area contributed by atoms with Gasteiger partial charge in [0.25, 0.3) is 0 Å². The van der Waals surface area contributed by atoms with E-state index in [2.05, 4.69) is 14.8 Å². The van der Waals surface area contributed by atoms with Gasteiger partial charge in [0.05, 0.1) is 29.7 Å². The molecule has 0 aliphatic carbocycles. The van der Waals surface area contributed by atoms with E-state index in [4.69, 9.17) is 16.3 Å². The zero-order valence-corrected chi connectivity index (χ0v) is 15.2. The summed E-state index contributed by atoms with van der Waals surface area (Å²) in [5.74, 6) is -0.761. The second-order valence-corrected chi connectivity index (χ2v) is 7.87. The van der Waals surface area contributed by atoms with Crippen LogP contribution in [0, 0.1) is 0 Å². The number of carbonyl (C=O) groups is 1. The Kier molecular flexibility index (Phi) is 6.22. The highest BCUT2D eigenvalue weighted by atomic mass is 35.5. The Morgan fingerprint density at radius 2 is 2.17 bits per heavy atom. The molecule has 0 saturated carbocycles. The van der Waals surface area contributed by atoms with Crippen LogP contribution in [0.2, 0.25) is 5.02 Å². The van der Waals surface area contributed by atoms with Gasteiger partial charge in [-0.25, -0.2) is 17.9 Å². The average molecular weight is 377 g/mol. The van der Waals surface area contributed by atoms with Gasteiger partial charge in [0.1, 0.15) is 0 Å². The molecule has 0 aromatic heterocycles. The smallest absolute Gasteiger partial charge is 0.339 e. The van der Waals surface area contributed by atoms with E-state index in [0.29, 0.717) is 6.61 Å². The lowest BCUT2D eigenvalue weighted by atomic mass is 9.99. The first-order valence-corrected chi connectivity index (χ1v) is 9.31. The van der Waals surface area contributed by atoms with Crippen LogP contribution < -0.4 is 10.0 Å². The maximum atomic E-state index is 12.7. The van der Waals surface area contributed by atoms with Crippen molar-refractivity contribution in [2.45, 2.75) is 23.3 Å². The van der Waals surface area contributed by atoms with Gasteiger partial charge in [0, 0.05) is 18.7 Å². The summed E-state index contributed by atoms with van der Waals surface area (Å²) in [5.41, 5.74) is -0.544. The number of methoxy groups -OCH3 is 2. The van der Waals surface area contributed by atoms with Crippen LogP contribution >= 0.6 is 11.6 Å². The van der Waals surface area contributed by atoms with Gasteiger partial charge in [0.15, 0.2) is 0 Å². The number of benzene rings is 1. The monoisotopic (exact) mass is 376 g/mol. The van der Waals surface area contributed by atoms with Gasteiger partial charge in [-0.3, -0.25) is 0 Å². The largest absolute Gasteiger partial charge is 0.465 e. The van der Waals surface area contributed by atoms with Gasteiger partial charge in [-0.05, 0) is 37.6 Å². The molecule has 1 unspecified atom stereocenters. The van der Waals surface area contributed by atoms with Crippen molar-refractivity contribution < 1.29 is 22.7 Å². The van der Waals surface area contributed by atoms with E-state index in [1.165, 1.54) is 25.3 Å². The Morgan fingerprint density at radius 3 is 2.75 bits per heavy atom. The summed E-state index contributed by atoms with van der Waals surface area (Å²) in [6.45, 7) is 1.35. The predicted molar refractivity (Wildman–Crippen MR) is 89.8 cm³/mol. The van der Waals surface area contributed by atoms with Crippen molar-refractivity contribution in [1.29, 1.82) is 0 Å². The fourth-order valence-corrected chi connectivity index (χ4v) is 4.26. The molecule has 1 aliphatic heterocycles. The van der Waals surface area contributed by atoms with Crippen molar-refractivity contribution in [1.82, 2.24) is 10.0 Å². The zero-order chi connectivity index (χ0) is 17.8. The number of esters is 1. The SMILES string of the molecule is COCC1(CNS(=O)(=O)c2ccc(Cl)cc2C(=O)OC)CCCN1. The highest BCUT2D eigenvalue weighted by Gasteiger charge is 2.35. The fraction of sp³-hybridized carbons (Fsp3) is 0.533. The fourth-order valence-electron chi connectivity index (χ4n) is 2.79. The van der Waals surface area contributed by atoms with Crippen molar-refractivity contribution in [2.24, 2.45) is 0 Å². The highest BCUT2D eigenvalue weighted by molar-refractivity contribution is 7.89. The van der Waals surface area contributed by atoms with Crippen molar-refractivity contribution in [2.75, 3.05) is 33.9 Å². The quantitative estimate of drug-likeness (QED) is 0.694. The topological polar surface area (TPSA) is 93.7 Å². The van der Waals surface area contributed by atoms with Crippen LogP contribution in [0.3, 0.4) is 0 Å². The summed E-state index contributed by atoms with van der Waals surface area (Å²) < 4.78 is 37.7. The molecule has 2 N–H and O–H groups in total. The molecule has 1 heterocycles. The van der Waals surface area contributed by atoms with Crippen LogP contribution in [-0.4, -0.2) is 53.8 Å². The van der Waals surface area contributed by atoms with E-state index in [-0.39, 0.29) is 22.0 Å². The molecule has 24 heavy (non-hydrogen) atoms. The van der Waals surface area contributed by atoms with Gasteiger partial charge in [-0.2, -0.15) is 0 Å². The van der Waals surface area contributed by atoms with Crippen molar-refractivity contribution in [3.63, 3.8) is 0 Å². The van der Waals surface area contributed by atoms with Crippen LogP contribution in [0.15, 0.2) is 23.1 Å². The molecule has 1 aliphatic rings. The molecule has 1 aromatic carbocycles. The molecule has 0 bridgehead atoms.